The van der Waals surface area contributed by atoms with Crippen molar-refractivity contribution in [2.24, 2.45) is 0 Å². The summed E-state index contributed by atoms with van der Waals surface area (Å²) in [6, 6.07) is 0. The highest BCUT2D eigenvalue weighted by Crippen LogP contribution is 2.19. The highest BCUT2D eigenvalue weighted by Gasteiger charge is 2.25. The first kappa shape index (κ1) is 81.2. The molecule has 0 rings (SSSR count). The number of likely N-dealkylation sites (N-methyl/N-ethyl adjacent to an activating group) is 1. The molecule has 2 unspecified atom stereocenters. The highest BCUT2D eigenvalue weighted by atomic mass is 16.7. The van der Waals surface area contributed by atoms with E-state index in [9.17, 15) is 19.5 Å². The Balaban J connectivity index is 3.96. The summed E-state index contributed by atoms with van der Waals surface area (Å²) in [6.45, 7) is 4.83. The number of carbonyl (C=O) groups is 3. The predicted molar refractivity (Wildman–Crippen MR) is 360 cm³/mol. The summed E-state index contributed by atoms with van der Waals surface area (Å²) in [4.78, 5) is 37.6. The van der Waals surface area contributed by atoms with Gasteiger partial charge in [0.2, 0.25) is 0 Å². The quantitative estimate of drug-likeness (QED) is 0.0211. The number of nitrogens with zero attached hydrogens (tertiary/aromatic N) is 1. The van der Waals surface area contributed by atoms with Crippen molar-refractivity contribution in [2.75, 3.05) is 47.5 Å². The number of esters is 2. The first-order valence-corrected chi connectivity index (χ1v) is 36.3. The fourth-order valence-corrected chi connectivity index (χ4v) is 10.8. The second-order valence-electron chi connectivity index (χ2n) is 25.9. The van der Waals surface area contributed by atoms with Gasteiger partial charge in [0.05, 0.1) is 34.4 Å². The van der Waals surface area contributed by atoms with Crippen molar-refractivity contribution in [2.45, 2.75) is 367 Å². The lowest BCUT2D eigenvalue weighted by Gasteiger charge is -2.25. The standard InChI is InChI=1S/C75H139NO8/c1-6-8-10-12-14-16-18-20-22-24-26-28-29-30-31-32-33-34-35-36-37-38-39-40-41-42-43-44-45-46-48-50-52-54-56-58-60-62-64-66-73(78)84-71(70-83-75(74(79)80)81-68-67-76(3,4)5)69-82-72(77)65-63-61-59-57-55-53-51-49-47-27-25-23-21-19-17-15-13-11-9-7-2/h8,10,14,16,20,22,26,28,71,75H,6-7,9,11-13,15,17-19,21,23-25,27,29-70H2,1-5H3/p+1/b10-8-,16-14-,22-20-,28-26-. The maximum absolute atomic E-state index is 12.9. The van der Waals surface area contributed by atoms with E-state index in [1.54, 1.807) is 0 Å². The molecule has 492 valence electrons. The molecule has 9 heteroatoms. The van der Waals surface area contributed by atoms with Gasteiger partial charge in [0.15, 0.2) is 6.10 Å². The fourth-order valence-electron chi connectivity index (χ4n) is 10.8. The maximum Gasteiger partial charge on any atom is 0.361 e. The van der Waals surface area contributed by atoms with Gasteiger partial charge in [-0.15, -0.1) is 0 Å². The largest absolute Gasteiger partial charge is 0.477 e. The molecule has 1 N–H and O–H groups in total. The van der Waals surface area contributed by atoms with E-state index in [2.05, 4.69) is 62.5 Å². The highest BCUT2D eigenvalue weighted by molar-refractivity contribution is 5.71. The zero-order chi connectivity index (χ0) is 61.2. The average Bonchev–Trinajstić information content (AvgIpc) is 3.52. The second-order valence-corrected chi connectivity index (χ2v) is 25.9. The number of hydrogen-bond donors (Lipinski definition) is 1. The van der Waals surface area contributed by atoms with Crippen LogP contribution in [0.4, 0.5) is 0 Å². The van der Waals surface area contributed by atoms with E-state index in [0.717, 1.165) is 64.2 Å². The molecule has 0 fully saturated rings. The van der Waals surface area contributed by atoms with Crippen LogP contribution in [0, 0.1) is 0 Å². The van der Waals surface area contributed by atoms with Gasteiger partial charge in [0.25, 0.3) is 6.29 Å². The van der Waals surface area contributed by atoms with Gasteiger partial charge in [0.1, 0.15) is 13.2 Å². The molecular weight excluding hydrogens is 1040 g/mol. The zero-order valence-corrected chi connectivity index (χ0v) is 56.3. The number of carboxylic acids is 1. The minimum atomic E-state index is -1.51. The topological polar surface area (TPSA) is 108 Å². The number of unbranched alkanes of at least 4 members (excludes halogenated alkanes) is 45. The molecule has 9 nitrogen and oxygen atoms in total. The Hall–Kier alpha value is -2.75. The van der Waals surface area contributed by atoms with Crippen LogP contribution in [-0.4, -0.2) is 87.4 Å². The third-order valence-electron chi connectivity index (χ3n) is 16.3. The molecule has 0 heterocycles. The van der Waals surface area contributed by atoms with Crippen LogP contribution in [0.25, 0.3) is 0 Å². The SMILES string of the molecule is CC/C=C\C/C=C\C/C=C\C/C=C\CCCCCCCCCCCCCCCCCCCCCCCCCCCCC(=O)OC(COC(=O)CCCCCCCCCCCCCCCCCCCCCC)COC(OCC[N+](C)(C)C)C(=O)O. The Morgan fingerprint density at radius 1 is 0.369 bits per heavy atom. The van der Waals surface area contributed by atoms with Crippen LogP contribution in [0.1, 0.15) is 354 Å². The summed E-state index contributed by atoms with van der Waals surface area (Å²) in [6.07, 6.45) is 82.5. The molecule has 2 atom stereocenters. The van der Waals surface area contributed by atoms with Crippen molar-refractivity contribution >= 4 is 17.9 Å². The van der Waals surface area contributed by atoms with Crippen LogP contribution in [0.5, 0.6) is 0 Å². The van der Waals surface area contributed by atoms with E-state index in [4.69, 9.17) is 18.9 Å². The number of quaternary nitrogens is 1. The van der Waals surface area contributed by atoms with Gasteiger partial charge >= 0.3 is 17.9 Å². The summed E-state index contributed by atoms with van der Waals surface area (Å²) in [5.74, 6) is -1.97. The third kappa shape index (κ3) is 66.8. The summed E-state index contributed by atoms with van der Waals surface area (Å²) < 4.78 is 23.0. The minimum absolute atomic E-state index is 0.175. The summed E-state index contributed by atoms with van der Waals surface area (Å²) in [7, 11) is 5.99. The smallest absolute Gasteiger partial charge is 0.361 e. The van der Waals surface area contributed by atoms with Gasteiger partial charge in [-0.3, -0.25) is 9.59 Å². The van der Waals surface area contributed by atoms with Gasteiger partial charge in [-0.2, -0.15) is 0 Å². The third-order valence-corrected chi connectivity index (χ3v) is 16.3. The monoisotopic (exact) mass is 1180 g/mol. The second kappa shape index (κ2) is 66.2. The number of ether oxygens (including phenoxy) is 4. The van der Waals surface area contributed by atoms with Gasteiger partial charge in [-0.1, -0.05) is 339 Å². The average molecular weight is 1180 g/mol. The summed E-state index contributed by atoms with van der Waals surface area (Å²) in [5, 5.41) is 9.74. The lowest BCUT2D eigenvalue weighted by molar-refractivity contribution is -0.870. The van der Waals surface area contributed by atoms with Crippen LogP contribution >= 0.6 is 0 Å². The fraction of sp³-hybridized carbons (Fsp3) is 0.853. The molecule has 0 spiro atoms. The van der Waals surface area contributed by atoms with E-state index in [1.807, 2.05) is 21.1 Å². The molecule has 0 aliphatic heterocycles. The summed E-state index contributed by atoms with van der Waals surface area (Å²) in [5.41, 5.74) is 0. The van der Waals surface area contributed by atoms with Crippen molar-refractivity contribution in [3.8, 4) is 0 Å². The number of hydrogen-bond acceptors (Lipinski definition) is 7. The van der Waals surface area contributed by atoms with Crippen LogP contribution in [0.15, 0.2) is 48.6 Å². The van der Waals surface area contributed by atoms with Crippen molar-refractivity contribution in [3.05, 3.63) is 48.6 Å². The molecule has 0 amide bonds. The molecule has 0 bridgehead atoms. The molecule has 0 aromatic rings. The number of carboxylic acid groups (broad SMARTS) is 1. The molecule has 84 heavy (non-hydrogen) atoms. The predicted octanol–water partition coefficient (Wildman–Crippen LogP) is 22.5. The van der Waals surface area contributed by atoms with E-state index in [0.29, 0.717) is 17.4 Å². The van der Waals surface area contributed by atoms with Crippen LogP contribution in [0.3, 0.4) is 0 Å². The van der Waals surface area contributed by atoms with Crippen molar-refractivity contribution in [1.29, 1.82) is 0 Å². The number of rotatable bonds is 68. The molecule has 0 aromatic heterocycles. The molecule has 0 radical (unpaired) electrons. The first-order chi connectivity index (χ1) is 41.1. The Labute approximate surface area is 521 Å². The van der Waals surface area contributed by atoms with E-state index in [1.165, 1.54) is 263 Å². The zero-order valence-electron chi connectivity index (χ0n) is 56.3. The van der Waals surface area contributed by atoms with Crippen molar-refractivity contribution in [1.82, 2.24) is 0 Å². The lowest BCUT2D eigenvalue weighted by Crippen LogP contribution is -2.40. The van der Waals surface area contributed by atoms with Gasteiger partial charge in [-0.25, -0.2) is 4.79 Å². The van der Waals surface area contributed by atoms with E-state index in [-0.39, 0.29) is 38.2 Å². The van der Waals surface area contributed by atoms with Crippen LogP contribution < -0.4 is 0 Å². The molecule has 0 aliphatic carbocycles. The molecule has 0 aromatic carbocycles. The number of aliphatic carboxylic acids is 1. The first-order valence-electron chi connectivity index (χ1n) is 36.3. The summed E-state index contributed by atoms with van der Waals surface area (Å²) >= 11 is 0. The Morgan fingerprint density at radius 2 is 0.679 bits per heavy atom. The molecule has 0 saturated heterocycles. The van der Waals surface area contributed by atoms with Crippen molar-refractivity contribution in [3.63, 3.8) is 0 Å². The van der Waals surface area contributed by atoms with Crippen LogP contribution in [0.2, 0.25) is 0 Å². The lowest BCUT2D eigenvalue weighted by atomic mass is 10.0. The Morgan fingerprint density at radius 3 is 1.01 bits per heavy atom. The normalized spacial score (nSPS) is 12.9. The minimum Gasteiger partial charge on any atom is -0.477 e. The molecule has 0 aliphatic rings. The number of carbonyl (C=O) groups excluding carboxylic acids is 2. The van der Waals surface area contributed by atoms with E-state index >= 15 is 0 Å². The Kier molecular flexibility index (Phi) is 64.0. The van der Waals surface area contributed by atoms with Gasteiger partial charge in [0, 0.05) is 12.8 Å². The van der Waals surface area contributed by atoms with Gasteiger partial charge in [-0.05, 0) is 51.4 Å². The molecule has 0 saturated carbocycles. The van der Waals surface area contributed by atoms with Gasteiger partial charge < -0.3 is 28.5 Å². The van der Waals surface area contributed by atoms with Crippen molar-refractivity contribution < 1.29 is 42.9 Å². The Bertz CT molecular complexity index is 1520. The van der Waals surface area contributed by atoms with Crippen LogP contribution in [-0.2, 0) is 33.3 Å². The molecular formula is C75H140NO8+. The van der Waals surface area contributed by atoms with E-state index < -0.39 is 18.4 Å². The maximum atomic E-state index is 12.9. The number of allylic oxidation sites excluding steroid dienone is 8.